The number of aryl methyl sites for hydroxylation is 2. The lowest BCUT2D eigenvalue weighted by Gasteiger charge is -2.22. The van der Waals surface area contributed by atoms with Crippen molar-refractivity contribution in [3.05, 3.63) is 71.5 Å². The highest BCUT2D eigenvalue weighted by atomic mass is 32.2. The number of Topliss-reactive ketones (excluding diaryl/α,β-unsaturated/α-hetero) is 1. The summed E-state index contributed by atoms with van der Waals surface area (Å²) >= 11 is 0. The molecule has 1 aliphatic rings. The Morgan fingerprint density at radius 2 is 1.80 bits per heavy atom. The highest BCUT2D eigenvalue weighted by Crippen LogP contribution is 2.26. The van der Waals surface area contributed by atoms with Gasteiger partial charge in [0, 0.05) is 29.1 Å². The number of carbonyl (C=O) groups is 1. The van der Waals surface area contributed by atoms with E-state index < -0.39 is 16.8 Å². The summed E-state index contributed by atoms with van der Waals surface area (Å²) in [6.07, 6.45) is 3.35. The van der Waals surface area contributed by atoms with Gasteiger partial charge in [-0.1, -0.05) is 46.4 Å². The molecule has 3 rings (SSSR count). The van der Waals surface area contributed by atoms with Crippen molar-refractivity contribution < 1.29 is 23.2 Å². The number of hydrogen-bond acceptors (Lipinski definition) is 7. The largest absolute Gasteiger partial charge is 0.493 e. The monoisotopic (exact) mass is 570 g/mol. The van der Waals surface area contributed by atoms with Crippen LogP contribution in [0.3, 0.4) is 0 Å². The zero-order valence-electron chi connectivity index (χ0n) is 24.9. The lowest BCUT2D eigenvalue weighted by atomic mass is 9.95. The lowest BCUT2D eigenvalue weighted by Crippen LogP contribution is -2.34. The van der Waals surface area contributed by atoms with Gasteiger partial charge in [-0.05, 0) is 80.5 Å². The van der Waals surface area contributed by atoms with Crippen LogP contribution in [-0.4, -0.2) is 47.5 Å². The molecule has 2 aromatic carbocycles. The molecule has 0 aliphatic carbocycles. The second-order valence-electron chi connectivity index (χ2n) is 11.2. The van der Waals surface area contributed by atoms with Gasteiger partial charge in [-0.3, -0.25) is 14.4 Å². The molecule has 40 heavy (non-hydrogen) atoms. The van der Waals surface area contributed by atoms with Crippen LogP contribution in [-0.2, 0) is 31.5 Å². The molecular formula is C32H46N2O5S. The first-order valence-electron chi connectivity index (χ1n) is 13.8. The van der Waals surface area contributed by atoms with E-state index in [9.17, 15) is 9.00 Å². The maximum atomic E-state index is 12.4. The average molecular weight is 571 g/mol. The highest BCUT2D eigenvalue weighted by molar-refractivity contribution is 7.85. The van der Waals surface area contributed by atoms with E-state index in [1.165, 1.54) is 12.5 Å². The minimum absolute atomic E-state index is 0.00389. The van der Waals surface area contributed by atoms with Gasteiger partial charge in [0.2, 0.25) is 5.90 Å². The van der Waals surface area contributed by atoms with E-state index in [1.807, 2.05) is 27.7 Å². The summed E-state index contributed by atoms with van der Waals surface area (Å²) in [5.74, 6) is 2.06. The predicted molar refractivity (Wildman–Crippen MR) is 162 cm³/mol. The van der Waals surface area contributed by atoms with E-state index in [0.717, 1.165) is 50.4 Å². The Balaban J connectivity index is 0.000000302. The molecule has 0 bridgehead atoms. The number of rotatable bonds is 10. The van der Waals surface area contributed by atoms with Crippen molar-refractivity contribution in [2.45, 2.75) is 71.7 Å². The zero-order chi connectivity index (χ0) is 29.9. The van der Waals surface area contributed by atoms with Gasteiger partial charge >= 0.3 is 0 Å². The molecule has 1 aliphatic heterocycles. The molecule has 2 aromatic rings. The molecule has 0 amide bonds. The van der Waals surface area contributed by atoms with Gasteiger partial charge in [0.1, 0.15) is 17.3 Å². The molecule has 8 heteroatoms. The Morgan fingerprint density at radius 3 is 2.33 bits per heavy atom. The molecular weight excluding hydrogens is 524 g/mol. The SMILES string of the molecule is C=C(OC(=N)c1ccc(S(=O)C[C@H](N)C(C)=O)c(C)c1)C(C)(C)C.CCc1ccc(OCC2CCOCC2)cc1. The lowest BCUT2D eigenvalue weighted by molar-refractivity contribution is -0.117. The number of ether oxygens (including phenoxy) is 3. The van der Waals surface area contributed by atoms with Crippen LogP contribution < -0.4 is 10.5 Å². The van der Waals surface area contributed by atoms with Gasteiger partial charge < -0.3 is 19.9 Å². The number of ketones is 1. The maximum absolute atomic E-state index is 12.4. The quantitative estimate of drug-likeness (QED) is 0.207. The number of benzene rings is 2. The van der Waals surface area contributed by atoms with Gasteiger partial charge in [-0.25, -0.2) is 0 Å². The van der Waals surface area contributed by atoms with Crippen molar-refractivity contribution in [3.63, 3.8) is 0 Å². The first kappa shape index (κ1) is 33.4. The van der Waals surface area contributed by atoms with Crippen molar-refractivity contribution >= 4 is 22.5 Å². The standard InChI is InChI=1S/C18H26N2O3S.C14H20O2/c1-11-9-14(17(20)23-13(3)18(4,5)6)7-8-16(11)24(22)10-15(19)12(2)21;1-2-12-3-5-14(6-4-12)16-11-13-7-9-15-10-8-13/h7-9,15,20H,3,10,19H2,1-2,4-6H3;3-6,13H,2,7-11H2,1H3/t15-,24?;/m0./s1. The summed E-state index contributed by atoms with van der Waals surface area (Å²) in [6, 6.07) is 12.8. The summed E-state index contributed by atoms with van der Waals surface area (Å²) in [6.45, 7) is 17.7. The summed E-state index contributed by atoms with van der Waals surface area (Å²) in [4.78, 5) is 11.8. The predicted octanol–water partition coefficient (Wildman–Crippen LogP) is 5.98. The smallest absolute Gasteiger partial charge is 0.218 e. The molecule has 0 saturated carbocycles. The van der Waals surface area contributed by atoms with Crippen molar-refractivity contribution in [2.24, 2.45) is 17.1 Å². The Bertz CT molecular complexity index is 1160. The first-order valence-corrected chi connectivity index (χ1v) is 15.1. The van der Waals surface area contributed by atoms with Crippen molar-refractivity contribution in [1.82, 2.24) is 0 Å². The molecule has 1 fully saturated rings. The van der Waals surface area contributed by atoms with E-state index in [2.05, 4.69) is 37.8 Å². The Kier molecular flexibility index (Phi) is 13.2. The van der Waals surface area contributed by atoms with E-state index >= 15 is 0 Å². The van der Waals surface area contributed by atoms with E-state index in [-0.39, 0.29) is 22.8 Å². The summed E-state index contributed by atoms with van der Waals surface area (Å²) in [7, 11) is -1.37. The number of hydrogen-bond donors (Lipinski definition) is 2. The van der Waals surface area contributed by atoms with Gasteiger partial charge in [-0.15, -0.1) is 0 Å². The third kappa shape index (κ3) is 11.0. The third-order valence-corrected chi connectivity index (χ3v) is 8.37. The first-order chi connectivity index (χ1) is 18.8. The normalized spacial score (nSPS) is 15.3. The van der Waals surface area contributed by atoms with Crippen LogP contribution in [0.1, 0.15) is 64.2 Å². The minimum Gasteiger partial charge on any atom is -0.493 e. The number of carbonyl (C=O) groups excluding carboxylic acids is 1. The number of nitrogens with one attached hydrogen (secondary N) is 1. The van der Waals surface area contributed by atoms with Crippen LogP contribution >= 0.6 is 0 Å². The van der Waals surface area contributed by atoms with Crippen LogP contribution in [0.4, 0.5) is 0 Å². The molecule has 0 aromatic heterocycles. The fraction of sp³-hybridized carbons (Fsp3) is 0.500. The van der Waals surface area contributed by atoms with Gasteiger partial charge in [0.25, 0.3) is 0 Å². The second-order valence-corrected chi connectivity index (χ2v) is 12.6. The molecule has 3 N–H and O–H groups in total. The Hall–Kier alpha value is -2.81. The molecule has 1 saturated heterocycles. The highest BCUT2D eigenvalue weighted by Gasteiger charge is 2.20. The van der Waals surface area contributed by atoms with E-state index in [4.69, 9.17) is 25.4 Å². The molecule has 1 heterocycles. The average Bonchev–Trinajstić information content (AvgIpc) is 2.92. The third-order valence-electron chi connectivity index (χ3n) is 6.76. The molecule has 0 radical (unpaired) electrons. The molecule has 220 valence electrons. The Labute approximate surface area is 242 Å². The number of allylic oxidation sites excluding steroid dienone is 1. The van der Waals surface area contributed by atoms with Gasteiger partial charge in [0.05, 0.1) is 29.2 Å². The molecule has 1 unspecified atom stereocenters. The maximum Gasteiger partial charge on any atom is 0.218 e. The van der Waals surface area contributed by atoms with Crippen molar-refractivity contribution in [2.75, 3.05) is 25.6 Å². The van der Waals surface area contributed by atoms with Crippen LogP contribution in [0.2, 0.25) is 0 Å². The molecule has 7 nitrogen and oxygen atoms in total. The van der Waals surface area contributed by atoms with E-state index in [1.54, 1.807) is 18.2 Å². The summed E-state index contributed by atoms with van der Waals surface area (Å²) < 4.78 is 29.0. The molecule has 0 spiro atoms. The zero-order valence-corrected chi connectivity index (χ0v) is 25.7. The fourth-order valence-electron chi connectivity index (χ4n) is 3.70. The van der Waals surface area contributed by atoms with Crippen LogP contribution in [0.25, 0.3) is 0 Å². The fourth-order valence-corrected chi connectivity index (χ4v) is 5.08. The second kappa shape index (κ2) is 15.8. The van der Waals surface area contributed by atoms with Crippen LogP contribution in [0.5, 0.6) is 5.75 Å². The van der Waals surface area contributed by atoms with Crippen LogP contribution in [0, 0.1) is 23.7 Å². The summed E-state index contributed by atoms with van der Waals surface area (Å²) in [5.41, 5.74) is 8.11. The van der Waals surface area contributed by atoms with Gasteiger partial charge in [0.15, 0.2) is 0 Å². The minimum atomic E-state index is -1.37. The number of nitrogens with two attached hydrogens (primary N) is 1. The van der Waals surface area contributed by atoms with Crippen molar-refractivity contribution in [1.29, 1.82) is 5.41 Å². The molecule has 2 atom stereocenters. The van der Waals surface area contributed by atoms with Gasteiger partial charge in [-0.2, -0.15) is 0 Å². The van der Waals surface area contributed by atoms with E-state index in [0.29, 0.717) is 22.1 Å². The van der Waals surface area contributed by atoms with Crippen LogP contribution in [0.15, 0.2) is 59.7 Å². The van der Waals surface area contributed by atoms with Crippen molar-refractivity contribution in [3.8, 4) is 5.75 Å². The topological polar surface area (TPSA) is 112 Å². The Morgan fingerprint density at radius 1 is 1.18 bits per heavy atom. The summed E-state index contributed by atoms with van der Waals surface area (Å²) in [5, 5.41) is 8.06.